The first-order chi connectivity index (χ1) is 12.3. The molecule has 1 heterocycles. The minimum Gasteiger partial charge on any atom is -0.517 e. The van der Waals surface area contributed by atoms with Crippen molar-refractivity contribution in [3.05, 3.63) is 64.2 Å². The Kier molecular flexibility index (Phi) is 5.39. The Morgan fingerprint density at radius 3 is 2.54 bits per heavy atom. The number of para-hydroxylation sites is 1. The minimum atomic E-state index is -0.364. The lowest BCUT2D eigenvalue weighted by Gasteiger charge is -2.16. The van der Waals surface area contributed by atoms with E-state index in [0.29, 0.717) is 17.0 Å². The van der Waals surface area contributed by atoms with E-state index < -0.39 is 0 Å². The summed E-state index contributed by atoms with van der Waals surface area (Å²) in [6, 6.07) is 6.71. The number of hydrogen-bond acceptors (Lipinski definition) is 5. The van der Waals surface area contributed by atoms with Crippen LogP contribution < -0.4 is 4.74 Å². The van der Waals surface area contributed by atoms with Crippen molar-refractivity contribution in [1.29, 1.82) is 0 Å². The van der Waals surface area contributed by atoms with Crippen molar-refractivity contribution in [3.8, 4) is 5.75 Å². The van der Waals surface area contributed by atoms with Crippen LogP contribution in [0.25, 0.3) is 15.4 Å². The van der Waals surface area contributed by atoms with Gasteiger partial charge in [-0.1, -0.05) is 39.5 Å². The third-order valence-electron chi connectivity index (χ3n) is 3.50. The minimum absolute atomic E-state index is 0.0684. The molecule has 8 nitrogen and oxygen atoms in total. The molecule has 0 unspecified atom stereocenters. The molecule has 0 saturated heterocycles. The lowest BCUT2D eigenvalue weighted by atomic mass is 9.91. The van der Waals surface area contributed by atoms with E-state index in [9.17, 15) is 5.11 Å². The number of aliphatic hydroxyl groups excluding tert-OH is 1. The largest absolute Gasteiger partial charge is 0.517 e. The van der Waals surface area contributed by atoms with Gasteiger partial charge in [-0.15, -0.1) is 0 Å². The van der Waals surface area contributed by atoms with Crippen molar-refractivity contribution in [2.24, 2.45) is 10.2 Å². The van der Waals surface area contributed by atoms with Gasteiger partial charge in [0.1, 0.15) is 5.75 Å². The number of benzene rings is 1. The fraction of sp³-hybridized carbons (Fsp3) is 0.278. The highest BCUT2D eigenvalue weighted by atomic mass is 16.5. The Hall–Kier alpha value is -3.65. The summed E-state index contributed by atoms with van der Waals surface area (Å²) in [7, 11) is 1.46. The smallest absolute Gasteiger partial charge is 0.338 e. The molecule has 0 aliphatic heterocycles. The van der Waals surface area contributed by atoms with Crippen molar-refractivity contribution in [2.75, 3.05) is 7.11 Å². The highest BCUT2D eigenvalue weighted by molar-refractivity contribution is 5.69. The van der Waals surface area contributed by atoms with Crippen molar-refractivity contribution < 1.29 is 9.84 Å². The van der Waals surface area contributed by atoms with E-state index in [1.807, 2.05) is 20.8 Å². The zero-order chi connectivity index (χ0) is 19.3. The number of hydrogen-bond donors (Lipinski definition) is 2. The molecule has 0 amide bonds. The van der Waals surface area contributed by atoms with Crippen molar-refractivity contribution in [2.45, 2.75) is 26.2 Å². The van der Waals surface area contributed by atoms with Gasteiger partial charge in [-0.2, -0.15) is 5.10 Å². The van der Waals surface area contributed by atoms with E-state index in [-0.39, 0.29) is 28.5 Å². The maximum Gasteiger partial charge on any atom is 0.338 e. The highest BCUT2D eigenvalue weighted by Crippen LogP contribution is 2.37. The maximum atomic E-state index is 10.4. The predicted octanol–water partition coefficient (Wildman–Crippen LogP) is 5.15. The Bertz CT molecular complexity index is 951. The number of H-pyrrole nitrogens is 1. The molecule has 2 aromatic rings. The number of rotatable bonds is 4. The Morgan fingerprint density at radius 1 is 1.27 bits per heavy atom. The Balaban J connectivity index is 2.48. The number of aromatic nitrogens is 2. The van der Waals surface area contributed by atoms with Gasteiger partial charge in [0, 0.05) is 16.4 Å². The standard InChI is InChI=1S/C18H18N6O2/c1-18(2,3)15-13(19-4)16(22-21-15)23-24-17(20-5)14(25)11-9-7-8-10-12(11)26-6/h7-10,25H,1-3,6H3,(H,21,22)/b17-14-,24-23+. The summed E-state index contributed by atoms with van der Waals surface area (Å²) in [4.78, 5) is 6.67. The summed E-state index contributed by atoms with van der Waals surface area (Å²) in [5, 5.41) is 24.8. The molecule has 8 heteroatoms. The van der Waals surface area contributed by atoms with Gasteiger partial charge in [0.15, 0.2) is 5.76 Å². The van der Waals surface area contributed by atoms with Crippen LogP contribution in [0.1, 0.15) is 32.0 Å². The molecule has 2 rings (SSSR count). The SMILES string of the molecule is [C-]#[N+]C(/N=N/c1n[nH]c(C(C)(C)C)c1[N+]#[C-])=C(/O)c1ccccc1OC. The number of nitrogens with zero attached hydrogens (tertiary/aromatic N) is 5. The fourth-order valence-corrected chi connectivity index (χ4v) is 2.20. The van der Waals surface area contributed by atoms with Gasteiger partial charge in [-0.3, -0.25) is 5.10 Å². The topological polar surface area (TPSA) is 91.6 Å². The second-order valence-corrected chi connectivity index (χ2v) is 6.32. The van der Waals surface area contributed by atoms with Crippen molar-refractivity contribution in [3.63, 3.8) is 0 Å². The number of aromatic amines is 1. The molecule has 0 bridgehead atoms. The molecule has 1 aromatic heterocycles. The van der Waals surface area contributed by atoms with Crippen LogP contribution in [0.2, 0.25) is 0 Å². The van der Waals surface area contributed by atoms with E-state index in [1.165, 1.54) is 7.11 Å². The van der Waals surface area contributed by atoms with Crippen LogP contribution in [-0.2, 0) is 5.41 Å². The van der Waals surface area contributed by atoms with Crippen LogP contribution in [0, 0.1) is 13.1 Å². The van der Waals surface area contributed by atoms with Gasteiger partial charge in [0.2, 0.25) is 5.82 Å². The van der Waals surface area contributed by atoms with Gasteiger partial charge in [0.05, 0.1) is 13.7 Å². The van der Waals surface area contributed by atoms with E-state index in [0.717, 1.165) is 0 Å². The van der Waals surface area contributed by atoms with Crippen LogP contribution in [0.15, 0.2) is 40.3 Å². The van der Waals surface area contributed by atoms with Gasteiger partial charge in [-0.25, -0.2) is 4.85 Å². The van der Waals surface area contributed by atoms with Gasteiger partial charge < -0.3 is 14.7 Å². The number of aliphatic hydroxyl groups is 1. The highest BCUT2D eigenvalue weighted by Gasteiger charge is 2.25. The van der Waals surface area contributed by atoms with Crippen molar-refractivity contribution in [1.82, 2.24) is 10.2 Å². The lowest BCUT2D eigenvalue weighted by molar-refractivity contribution is 0.408. The van der Waals surface area contributed by atoms with Crippen molar-refractivity contribution >= 4 is 17.3 Å². The van der Waals surface area contributed by atoms with Crippen LogP contribution in [0.4, 0.5) is 11.5 Å². The molecule has 0 saturated carbocycles. The first kappa shape index (κ1) is 18.7. The summed E-state index contributed by atoms with van der Waals surface area (Å²) < 4.78 is 5.17. The molecule has 0 aliphatic carbocycles. The predicted molar refractivity (Wildman–Crippen MR) is 97.2 cm³/mol. The molecule has 2 N–H and O–H groups in total. The van der Waals surface area contributed by atoms with E-state index in [2.05, 4.69) is 30.1 Å². The first-order valence-corrected chi connectivity index (χ1v) is 7.65. The van der Waals surface area contributed by atoms with Crippen LogP contribution >= 0.6 is 0 Å². The molecule has 0 spiro atoms. The monoisotopic (exact) mass is 350 g/mol. The molecule has 132 valence electrons. The van der Waals surface area contributed by atoms with Crippen LogP contribution in [-0.4, -0.2) is 22.4 Å². The van der Waals surface area contributed by atoms with Gasteiger partial charge >= 0.3 is 5.82 Å². The van der Waals surface area contributed by atoms with E-state index in [1.54, 1.807) is 24.3 Å². The lowest BCUT2D eigenvalue weighted by Crippen LogP contribution is -2.11. The Morgan fingerprint density at radius 2 is 1.96 bits per heavy atom. The third-order valence-corrected chi connectivity index (χ3v) is 3.50. The summed E-state index contributed by atoms with van der Waals surface area (Å²) in [6.07, 6.45) is 0. The molecule has 0 aliphatic rings. The quantitative estimate of drug-likeness (QED) is 0.453. The number of methoxy groups -OCH3 is 1. The zero-order valence-electron chi connectivity index (χ0n) is 14.9. The number of azo groups is 1. The first-order valence-electron chi connectivity index (χ1n) is 7.65. The maximum absolute atomic E-state index is 10.4. The fourth-order valence-electron chi connectivity index (χ4n) is 2.20. The average molecular weight is 350 g/mol. The third kappa shape index (κ3) is 3.70. The van der Waals surface area contributed by atoms with Gasteiger partial charge in [-0.05, 0) is 22.7 Å². The second-order valence-electron chi connectivity index (χ2n) is 6.32. The molecule has 0 fully saturated rings. The number of nitrogens with one attached hydrogen (secondary N) is 1. The molecule has 0 atom stereocenters. The summed E-state index contributed by atoms with van der Waals surface area (Å²) in [5.74, 6) is -0.222. The summed E-state index contributed by atoms with van der Waals surface area (Å²) >= 11 is 0. The second kappa shape index (κ2) is 7.49. The molecule has 26 heavy (non-hydrogen) atoms. The van der Waals surface area contributed by atoms with E-state index >= 15 is 0 Å². The zero-order valence-corrected chi connectivity index (χ0v) is 14.9. The van der Waals surface area contributed by atoms with Crippen LogP contribution in [0.3, 0.4) is 0 Å². The molecule has 0 radical (unpaired) electrons. The average Bonchev–Trinajstić information content (AvgIpc) is 3.05. The molecular formula is C18H18N6O2. The van der Waals surface area contributed by atoms with Crippen LogP contribution in [0.5, 0.6) is 5.75 Å². The Labute approximate surface area is 151 Å². The van der Waals surface area contributed by atoms with E-state index in [4.69, 9.17) is 17.9 Å². The number of ether oxygens (including phenoxy) is 1. The van der Waals surface area contributed by atoms with Gasteiger partial charge in [0.25, 0.3) is 5.69 Å². The molecular weight excluding hydrogens is 332 g/mol. The summed E-state index contributed by atoms with van der Waals surface area (Å²) in [5.41, 5.74) is 0.868. The molecule has 1 aromatic carbocycles. The normalized spacial score (nSPS) is 12.4. The summed E-state index contributed by atoms with van der Waals surface area (Å²) in [6.45, 7) is 20.4.